The first-order valence-corrected chi connectivity index (χ1v) is 12.0. The molecular formula is C26H29N7O3. The molecule has 2 aliphatic rings. The fourth-order valence-corrected chi connectivity index (χ4v) is 5.69. The van der Waals surface area contributed by atoms with Crippen LogP contribution in [0.3, 0.4) is 0 Å². The van der Waals surface area contributed by atoms with E-state index in [2.05, 4.69) is 22.3 Å². The van der Waals surface area contributed by atoms with Crippen LogP contribution in [0, 0.1) is 29.1 Å². The first-order valence-electron chi connectivity index (χ1n) is 12.0. The minimum atomic E-state index is -1.38. The SMILES string of the molecule is C[C@H]1[C@@H]2CN(C(=O)C(C)(C)O)C[C@H]2C[C@H]1Nc1c(C(N)=O)cnn2cc(-c3ccc(C#N)nc3)cc12. The molecule has 10 heteroatoms. The highest BCUT2D eigenvalue weighted by Crippen LogP contribution is 2.44. The number of likely N-dealkylation sites (tertiary alicyclic amines) is 1. The van der Waals surface area contributed by atoms with Gasteiger partial charge < -0.3 is 21.1 Å². The molecule has 2 fully saturated rings. The molecule has 10 nitrogen and oxygen atoms in total. The Hall–Kier alpha value is -3.97. The molecule has 0 bridgehead atoms. The first kappa shape index (κ1) is 23.8. The first-order chi connectivity index (χ1) is 17.1. The van der Waals surface area contributed by atoms with Crippen molar-refractivity contribution in [2.75, 3.05) is 18.4 Å². The molecule has 186 valence electrons. The van der Waals surface area contributed by atoms with Crippen LogP contribution in [-0.4, -0.2) is 61.2 Å². The Kier molecular flexibility index (Phi) is 5.68. The average molecular weight is 488 g/mol. The molecule has 36 heavy (non-hydrogen) atoms. The average Bonchev–Trinajstić information content (AvgIpc) is 3.53. The second-order valence-electron chi connectivity index (χ2n) is 10.4. The number of carbonyl (C=O) groups excluding carboxylic acids is 2. The Bertz CT molecular complexity index is 1380. The Morgan fingerprint density at radius 2 is 2.03 bits per heavy atom. The summed E-state index contributed by atoms with van der Waals surface area (Å²) in [6, 6.07) is 7.50. The largest absolute Gasteiger partial charge is 0.381 e. The number of rotatable bonds is 5. The Morgan fingerprint density at radius 1 is 1.25 bits per heavy atom. The normalized spacial score (nSPS) is 23.5. The van der Waals surface area contributed by atoms with Crippen molar-refractivity contribution in [2.45, 2.75) is 38.8 Å². The van der Waals surface area contributed by atoms with E-state index in [-0.39, 0.29) is 17.9 Å². The number of primary amides is 1. The lowest BCUT2D eigenvalue weighted by atomic mass is 9.93. The van der Waals surface area contributed by atoms with Gasteiger partial charge in [0.2, 0.25) is 0 Å². The van der Waals surface area contributed by atoms with Crippen LogP contribution < -0.4 is 11.1 Å². The number of nitrogens with two attached hydrogens (primary N) is 1. The summed E-state index contributed by atoms with van der Waals surface area (Å²) < 4.78 is 1.70. The lowest BCUT2D eigenvalue weighted by Gasteiger charge is -2.28. The lowest BCUT2D eigenvalue weighted by molar-refractivity contribution is -0.147. The molecule has 0 unspecified atom stereocenters. The van der Waals surface area contributed by atoms with E-state index < -0.39 is 11.5 Å². The van der Waals surface area contributed by atoms with E-state index in [0.29, 0.717) is 47.4 Å². The summed E-state index contributed by atoms with van der Waals surface area (Å²) in [4.78, 5) is 30.8. The second kappa shape index (κ2) is 8.60. The Morgan fingerprint density at radius 3 is 2.64 bits per heavy atom. The molecular weight excluding hydrogens is 458 g/mol. The van der Waals surface area contributed by atoms with E-state index in [0.717, 1.165) is 17.5 Å². The van der Waals surface area contributed by atoms with Crippen molar-refractivity contribution in [2.24, 2.45) is 23.5 Å². The van der Waals surface area contributed by atoms with Gasteiger partial charge in [-0.05, 0) is 56.2 Å². The molecule has 4 heterocycles. The van der Waals surface area contributed by atoms with Crippen molar-refractivity contribution < 1.29 is 14.7 Å². The summed E-state index contributed by atoms with van der Waals surface area (Å²) in [5.74, 6) is 0.0452. The summed E-state index contributed by atoms with van der Waals surface area (Å²) in [6.07, 6.45) is 5.79. The van der Waals surface area contributed by atoms with Crippen LogP contribution in [0.15, 0.2) is 36.8 Å². The van der Waals surface area contributed by atoms with E-state index in [9.17, 15) is 14.7 Å². The van der Waals surface area contributed by atoms with Crippen molar-refractivity contribution >= 4 is 23.0 Å². The fraction of sp³-hybridized carbons (Fsp3) is 0.423. The third kappa shape index (κ3) is 4.05. The van der Waals surface area contributed by atoms with E-state index in [4.69, 9.17) is 11.0 Å². The standard InChI is InChI=1S/C26H29N7O3/c1-14-20-13-32(25(35)26(2,3)36)11-17(20)6-21(14)31-23-19(24(28)34)10-30-33-12-16(7-22(23)33)15-4-5-18(8-27)29-9-15/h4-5,7,9-10,12,14,17,20-21,31,36H,6,11,13H2,1-3H3,(H2,28,34)/t14-,17+,20-,21+/m0/s1. The van der Waals surface area contributed by atoms with Gasteiger partial charge in [-0.25, -0.2) is 9.50 Å². The molecule has 1 aliphatic carbocycles. The number of pyridine rings is 1. The molecule has 5 rings (SSSR count). The third-order valence-corrected chi connectivity index (χ3v) is 7.61. The minimum absolute atomic E-state index is 0.0821. The molecule has 3 aromatic rings. The molecule has 4 atom stereocenters. The van der Waals surface area contributed by atoms with Crippen LogP contribution in [0.1, 0.15) is 43.2 Å². The second-order valence-corrected chi connectivity index (χ2v) is 10.4. The van der Waals surface area contributed by atoms with Crippen LogP contribution in [0.4, 0.5) is 5.69 Å². The van der Waals surface area contributed by atoms with Crippen LogP contribution in [-0.2, 0) is 4.79 Å². The summed E-state index contributed by atoms with van der Waals surface area (Å²) in [5.41, 5.74) is 8.00. The highest BCUT2D eigenvalue weighted by atomic mass is 16.3. The molecule has 1 aliphatic heterocycles. The number of nitriles is 1. The van der Waals surface area contributed by atoms with Gasteiger partial charge in [-0.15, -0.1) is 0 Å². The monoisotopic (exact) mass is 487 g/mol. The Balaban J connectivity index is 1.43. The number of amides is 2. The van der Waals surface area contributed by atoms with Crippen molar-refractivity contribution in [3.05, 3.63) is 48.0 Å². The topological polar surface area (TPSA) is 150 Å². The lowest BCUT2D eigenvalue weighted by Crippen LogP contribution is -2.45. The predicted molar refractivity (Wildman–Crippen MR) is 133 cm³/mol. The van der Waals surface area contributed by atoms with Gasteiger partial charge in [0.05, 0.1) is 23.0 Å². The number of carbonyl (C=O) groups is 2. The number of aliphatic hydroxyl groups is 1. The molecule has 1 saturated heterocycles. The van der Waals surface area contributed by atoms with Gasteiger partial charge in [-0.3, -0.25) is 9.59 Å². The number of nitrogens with zero attached hydrogens (tertiary/aromatic N) is 5. The predicted octanol–water partition coefficient (Wildman–Crippen LogP) is 2.03. The number of fused-ring (bicyclic) bond motifs is 2. The van der Waals surface area contributed by atoms with Crippen LogP contribution >= 0.6 is 0 Å². The number of nitrogens with one attached hydrogen (secondary N) is 1. The van der Waals surface area contributed by atoms with Crippen LogP contribution in [0.2, 0.25) is 0 Å². The zero-order valence-electron chi connectivity index (χ0n) is 20.5. The summed E-state index contributed by atoms with van der Waals surface area (Å²) >= 11 is 0. The highest BCUT2D eigenvalue weighted by Gasteiger charge is 2.48. The maximum absolute atomic E-state index is 12.6. The number of hydrogen-bond acceptors (Lipinski definition) is 7. The fourth-order valence-electron chi connectivity index (χ4n) is 5.69. The van der Waals surface area contributed by atoms with Crippen LogP contribution in [0.25, 0.3) is 16.6 Å². The minimum Gasteiger partial charge on any atom is -0.381 e. The van der Waals surface area contributed by atoms with Crippen molar-refractivity contribution in [3.63, 3.8) is 0 Å². The van der Waals surface area contributed by atoms with Crippen molar-refractivity contribution in [1.29, 1.82) is 5.26 Å². The zero-order chi connectivity index (χ0) is 25.8. The van der Waals surface area contributed by atoms with Gasteiger partial charge in [0, 0.05) is 42.7 Å². The summed E-state index contributed by atoms with van der Waals surface area (Å²) in [6.45, 7) is 6.44. The molecule has 0 spiro atoms. The van der Waals surface area contributed by atoms with Crippen molar-refractivity contribution in [3.8, 4) is 17.2 Å². The van der Waals surface area contributed by atoms with E-state index in [1.807, 2.05) is 24.4 Å². The molecule has 3 aromatic heterocycles. The maximum Gasteiger partial charge on any atom is 0.253 e. The molecule has 0 aromatic carbocycles. The number of hydrogen-bond donors (Lipinski definition) is 3. The summed E-state index contributed by atoms with van der Waals surface area (Å²) in [5, 5.41) is 27.1. The van der Waals surface area contributed by atoms with E-state index in [1.165, 1.54) is 20.0 Å². The van der Waals surface area contributed by atoms with Gasteiger partial charge in [0.15, 0.2) is 0 Å². The Labute approximate surface area is 208 Å². The third-order valence-electron chi connectivity index (χ3n) is 7.61. The summed E-state index contributed by atoms with van der Waals surface area (Å²) in [7, 11) is 0. The van der Waals surface area contributed by atoms with Gasteiger partial charge >= 0.3 is 0 Å². The highest BCUT2D eigenvalue weighted by molar-refractivity contribution is 6.02. The zero-order valence-corrected chi connectivity index (χ0v) is 20.5. The van der Waals surface area contributed by atoms with E-state index >= 15 is 0 Å². The van der Waals surface area contributed by atoms with E-state index in [1.54, 1.807) is 21.7 Å². The van der Waals surface area contributed by atoms with Gasteiger partial charge in [-0.2, -0.15) is 10.4 Å². The van der Waals surface area contributed by atoms with Gasteiger partial charge in [0.1, 0.15) is 17.4 Å². The van der Waals surface area contributed by atoms with Gasteiger partial charge in [-0.1, -0.05) is 6.92 Å². The maximum atomic E-state index is 12.6. The van der Waals surface area contributed by atoms with Crippen LogP contribution in [0.5, 0.6) is 0 Å². The molecule has 1 saturated carbocycles. The molecule has 0 radical (unpaired) electrons. The molecule has 4 N–H and O–H groups in total. The van der Waals surface area contributed by atoms with Crippen molar-refractivity contribution in [1.82, 2.24) is 19.5 Å². The quantitative estimate of drug-likeness (QED) is 0.498. The number of aromatic nitrogens is 3. The molecule has 2 amide bonds. The smallest absolute Gasteiger partial charge is 0.253 e. The number of anilines is 1. The van der Waals surface area contributed by atoms with Gasteiger partial charge in [0.25, 0.3) is 11.8 Å².